The van der Waals surface area contributed by atoms with Gasteiger partial charge in [0, 0.05) is 6.54 Å². The lowest BCUT2D eigenvalue weighted by Crippen LogP contribution is -2.26. The molecule has 1 N–H and O–H groups in total. The number of hydrogen-bond acceptors (Lipinski definition) is 3. The molecule has 0 bridgehead atoms. The largest absolute Gasteiger partial charge is 0.496 e. The van der Waals surface area contributed by atoms with Gasteiger partial charge in [-0.05, 0) is 37.1 Å². The summed E-state index contributed by atoms with van der Waals surface area (Å²) in [6.45, 7) is 2.43. The molecule has 0 aliphatic rings. The summed E-state index contributed by atoms with van der Waals surface area (Å²) < 4.78 is 7.11. The quantitative estimate of drug-likeness (QED) is 0.753. The number of carbonyl (C=O) groups is 1. The highest BCUT2D eigenvalue weighted by molar-refractivity contribution is 5.95. The Balaban J connectivity index is 1.65. The predicted molar refractivity (Wildman–Crippen MR) is 97.3 cm³/mol. The molecule has 1 heterocycles. The lowest BCUT2D eigenvalue weighted by molar-refractivity contribution is 0.0953. The van der Waals surface area contributed by atoms with Gasteiger partial charge in [0.15, 0.2) is 0 Å². The first-order chi connectivity index (χ1) is 12.2. The van der Waals surface area contributed by atoms with Crippen LogP contribution in [0.4, 0.5) is 0 Å². The minimum atomic E-state index is -0.116. The maximum Gasteiger partial charge on any atom is 0.254 e. The third kappa shape index (κ3) is 3.71. The number of rotatable bonds is 6. The molecule has 1 amide bonds. The van der Waals surface area contributed by atoms with Crippen LogP contribution in [0.1, 0.15) is 21.6 Å². The van der Waals surface area contributed by atoms with Gasteiger partial charge in [-0.1, -0.05) is 36.4 Å². The van der Waals surface area contributed by atoms with Gasteiger partial charge < -0.3 is 10.1 Å². The van der Waals surface area contributed by atoms with E-state index in [4.69, 9.17) is 4.74 Å². The van der Waals surface area contributed by atoms with Gasteiger partial charge in [0.05, 0.1) is 30.3 Å². The molecular weight excluding hydrogens is 314 g/mol. The van der Waals surface area contributed by atoms with Crippen molar-refractivity contribution in [3.8, 4) is 11.4 Å². The molecule has 25 heavy (non-hydrogen) atoms. The van der Waals surface area contributed by atoms with Gasteiger partial charge in [-0.2, -0.15) is 5.10 Å². The Morgan fingerprint density at radius 2 is 1.84 bits per heavy atom. The Kier molecular flexibility index (Phi) is 5.14. The van der Waals surface area contributed by atoms with Gasteiger partial charge in [-0.25, -0.2) is 4.68 Å². The van der Waals surface area contributed by atoms with Crippen LogP contribution in [0.25, 0.3) is 5.69 Å². The van der Waals surface area contributed by atoms with E-state index < -0.39 is 0 Å². The maximum atomic E-state index is 12.5. The normalized spacial score (nSPS) is 10.5. The number of hydrogen-bond donors (Lipinski definition) is 1. The zero-order valence-corrected chi connectivity index (χ0v) is 14.4. The minimum absolute atomic E-state index is 0.116. The summed E-state index contributed by atoms with van der Waals surface area (Å²) in [6.07, 6.45) is 2.32. The number of aromatic nitrogens is 2. The summed E-state index contributed by atoms with van der Waals surface area (Å²) in [5, 5.41) is 7.29. The van der Waals surface area contributed by atoms with Gasteiger partial charge in [0.1, 0.15) is 5.75 Å². The zero-order valence-electron chi connectivity index (χ0n) is 14.4. The second kappa shape index (κ2) is 7.66. The summed E-state index contributed by atoms with van der Waals surface area (Å²) in [4.78, 5) is 12.5. The highest BCUT2D eigenvalue weighted by Crippen LogP contribution is 2.17. The van der Waals surface area contributed by atoms with Crippen molar-refractivity contribution in [1.29, 1.82) is 0 Å². The van der Waals surface area contributed by atoms with Crippen molar-refractivity contribution in [2.45, 2.75) is 13.3 Å². The average molecular weight is 335 g/mol. The lowest BCUT2D eigenvalue weighted by atomic mass is 10.1. The highest BCUT2D eigenvalue weighted by Gasteiger charge is 2.14. The number of benzene rings is 2. The number of amides is 1. The third-order valence-electron chi connectivity index (χ3n) is 4.13. The summed E-state index contributed by atoms with van der Waals surface area (Å²) >= 11 is 0. The smallest absolute Gasteiger partial charge is 0.254 e. The fourth-order valence-electron chi connectivity index (χ4n) is 2.78. The van der Waals surface area contributed by atoms with Crippen molar-refractivity contribution < 1.29 is 9.53 Å². The van der Waals surface area contributed by atoms with Crippen molar-refractivity contribution in [1.82, 2.24) is 15.1 Å². The van der Waals surface area contributed by atoms with E-state index in [1.807, 2.05) is 61.5 Å². The molecule has 0 saturated heterocycles. The van der Waals surface area contributed by atoms with Crippen LogP contribution >= 0.6 is 0 Å². The predicted octanol–water partition coefficient (Wildman–Crippen LogP) is 3.16. The second-order valence-electron chi connectivity index (χ2n) is 5.71. The molecule has 0 aliphatic heterocycles. The number of para-hydroxylation sites is 2. The van der Waals surface area contributed by atoms with Crippen molar-refractivity contribution >= 4 is 5.91 Å². The average Bonchev–Trinajstić information content (AvgIpc) is 3.04. The molecule has 5 heteroatoms. The monoisotopic (exact) mass is 335 g/mol. The van der Waals surface area contributed by atoms with Crippen molar-refractivity contribution in [3.63, 3.8) is 0 Å². The molecular formula is C20H21N3O2. The van der Waals surface area contributed by atoms with Gasteiger partial charge in [-0.15, -0.1) is 0 Å². The lowest BCUT2D eigenvalue weighted by Gasteiger charge is -2.09. The summed E-state index contributed by atoms with van der Waals surface area (Å²) in [5.74, 6) is 0.722. The number of ether oxygens (including phenoxy) is 1. The van der Waals surface area contributed by atoms with E-state index in [1.165, 1.54) is 0 Å². The van der Waals surface area contributed by atoms with Crippen LogP contribution in [-0.4, -0.2) is 29.3 Å². The number of nitrogens with zero attached hydrogens (tertiary/aromatic N) is 2. The Bertz CT molecular complexity index is 856. The second-order valence-corrected chi connectivity index (χ2v) is 5.71. The van der Waals surface area contributed by atoms with E-state index in [9.17, 15) is 4.79 Å². The summed E-state index contributed by atoms with van der Waals surface area (Å²) in [7, 11) is 1.65. The van der Waals surface area contributed by atoms with Crippen molar-refractivity contribution in [2.75, 3.05) is 13.7 Å². The Labute approximate surface area is 147 Å². The fraction of sp³-hybridized carbons (Fsp3) is 0.200. The van der Waals surface area contributed by atoms with Crippen LogP contribution in [0.3, 0.4) is 0 Å². The molecule has 5 nitrogen and oxygen atoms in total. The standard InChI is InChI=1S/C20H21N3O2/c1-15-18(14-22-23(15)17-9-4-3-5-10-17)20(24)21-13-12-16-8-6-7-11-19(16)25-2/h3-11,14H,12-13H2,1-2H3,(H,21,24). The van der Waals surface area contributed by atoms with Crippen LogP contribution < -0.4 is 10.1 Å². The van der Waals surface area contributed by atoms with E-state index in [0.29, 0.717) is 18.5 Å². The van der Waals surface area contributed by atoms with Crippen LogP contribution in [-0.2, 0) is 6.42 Å². The Morgan fingerprint density at radius 3 is 2.60 bits per heavy atom. The summed E-state index contributed by atoms with van der Waals surface area (Å²) in [6, 6.07) is 17.6. The third-order valence-corrected chi connectivity index (χ3v) is 4.13. The van der Waals surface area contributed by atoms with E-state index in [-0.39, 0.29) is 5.91 Å². The van der Waals surface area contributed by atoms with Crippen molar-refractivity contribution in [3.05, 3.63) is 77.6 Å². The molecule has 0 radical (unpaired) electrons. The van der Waals surface area contributed by atoms with Gasteiger partial charge in [-0.3, -0.25) is 4.79 Å². The molecule has 3 aromatic rings. The zero-order chi connectivity index (χ0) is 17.6. The Hall–Kier alpha value is -3.08. The first-order valence-electron chi connectivity index (χ1n) is 8.21. The highest BCUT2D eigenvalue weighted by atomic mass is 16.5. The van der Waals surface area contributed by atoms with Crippen molar-refractivity contribution in [2.24, 2.45) is 0 Å². The van der Waals surface area contributed by atoms with Crippen LogP contribution in [0.5, 0.6) is 5.75 Å². The molecule has 0 spiro atoms. The molecule has 128 valence electrons. The molecule has 0 aliphatic carbocycles. The first kappa shape index (κ1) is 16.8. The maximum absolute atomic E-state index is 12.5. The minimum Gasteiger partial charge on any atom is -0.496 e. The Morgan fingerprint density at radius 1 is 1.12 bits per heavy atom. The van der Waals surface area contributed by atoms with Crippen LogP contribution in [0, 0.1) is 6.92 Å². The topological polar surface area (TPSA) is 56.1 Å². The fourth-order valence-corrected chi connectivity index (χ4v) is 2.78. The molecule has 0 unspecified atom stereocenters. The SMILES string of the molecule is COc1ccccc1CCNC(=O)c1cnn(-c2ccccc2)c1C. The molecule has 2 aromatic carbocycles. The van der Waals surface area contributed by atoms with Gasteiger partial charge >= 0.3 is 0 Å². The molecule has 0 saturated carbocycles. The van der Waals surface area contributed by atoms with E-state index in [1.54, 1.807) is 18.0 Å². The number of carbonyl (C=O) groups excluding carboxylic acids is 1. The van der Waals surface area contributed by atoms with Crippen LogP contribution in [0.15, 0.2) is 60.8 Å². The van der Waals surface area contributed by atoms with E-state index >= 15 is 0 Å². The van der Waals surface area contributed by atoms with Crippen LogP contribution in [0.2, 0.25) is 0 Å². The van der Waals surface area contributed by atoms with Gasteiger partial charge in [0.25, 0.3) is 5.91 Å². The van der Waals surface area contributed by atoms with E-state index in [0.717, 1.165) is 22.7 Å². The number of nitrogens with one attached hydrogen (secondary N) is 1. The number of methoxy groups -OCH3 is 1. The molecule has 0 fully saturated rings. The van der Waals surface area contributed by atoms with Gasteiger partial charge in [0.2, 0.25) is 0 Å². The first-order valence-corrected chi connectivity index (χ1v) is 8.21. The molecule has 3 rings (SSSR count). The van der Waals surface area contributed by atoms with E-state index in [2.05, 4.69) is 10.4 Å². The summed E-state index contributed by atoms with van der Waals surface area (Å²) in [5.41, 5.74) is 3.42. The molecule has 0 atom stereocenters. The molecule has 1 aromatic heterocycles.